The second-order valence-electron chi connectivity index (χ2n) is 5.60. The van der Waals surface area contributed by atoms with Crippen LogP contribution in [-0.4, -0.2) is 16.5 Å². The number of fused-ring (bicyclic) bond motifs is 5. The van der Waals surface area contributed by atoms with E-state index >= 15 is 0 Å². The zero-order valence-electron chi connectivity index (χ0n) is 11.2. The average molecular weight is 285 g/mol. The summed E-state index contributed by atoms with van der Waals surface area (Å²) >= 11 is 0. The number of carbonyl (C=O) groups excluding carboxylic acids is 1. The molecule has 0 aliphatic carbocycles. The molecule has 1 fully saturated rings. The van der Waals surface area contributed by atoms with Crippen molar-refractivity contribution in [2.24, 2.45) is 0 Å². The van der Waals surface area contributed by atoms with E-state index in [0.717, 1.165) is 16.3 Å². The molecule has 2 aromatic carbocycles. The molecular formula is C15H11NO5. The van der Waals surface area contributed by atoms with Crippen molar-refractivity contribution in [2.45, 2.75) is 25.0 Å². The molecule has 2 atom stereocenters. The molecule has 0 amide bonds. The Labute approximate surface area is 119 Å². The van der Waals surface area contributed by atoms with Crippen molar-refractivity contribution in [3.8, 4) is 5.75 Å². The van der Waals surface area contributed by atoms with Gasteiger partial charge in [0.25, 0.3) is 5.69 Å². The highest BCUT2D eigenvalue weighted by atomic mass is 16.6. The van der Waals surface area contributed by atoms with Gasteiger partial charge in [-0.15, -0.1) is 0 Å². The Morgan fingerprint density at radius 2 is 2.14 bits per heavy atom. The lowest BCUT2D eigenvalue weighted by Gasteiger charge is -2.19. The molecular weight excluding hydrogens is 274 g/mol. The lowest BCUT2D eigenvalue weighted by atomic mass is 9.92. The minimum Gasteiger partial charge on any atom is -0.482 e. The molecule has 0 saturated carbocycles. The molecule has 4 rings (SSSR count). The van der Waals surface area contributed by atoms with E-state index in [-0.39, 0.29) is 18.1 Å². The van der Waals surface area contributed by atoms with Gasteiger partial charge in [-0.05, 0) is 29.8 Å². The van der Waals surface area contributed by atoms with Crippen molar-refractivity contribution < 1.29 is 19.2 Å². The van der Waals surface area contributed by atoms with Gasteiger partial charge in [0, 0.05) is 17.7 Å². The number of benzene rings is 2. The smallest absolute Gasteiger partial charge is 0.310 e. The van der Waals surface area contributed by atoms with Crippen molar-refractivity contribution in [1.29, 1.82) is 0 Å². The second-order valence-corrected chi connectivity index (χ2v) is 5.60. The summed E-state index contributed by atoms with van der Waals surface area (Å²) in [6.07, 6.45) is -0.244. The van der Waals surface area contributed by atoms with Crippen LogP contribution in [0.5, 0.6) is 5.75 Å². The van der Waals surface area contributed by atoms with Gasteiger partial charge in [0.2, 0.25) is 0 Å². The van der Waals surface area contributed by atoms with Crippen LogP contribution in [0.2, 0.25) is 0 Å². The molecule has 0 spiro atoms. The van der Waals surface area contributed by atoms with Crippen LogP contribution in [0.25, 0.3) is 10.8 Å². The van der Waals surface area contributed by atoms with Crippen molar-refractivity contribution in [3.63, 3.8) is 0 Å². The van der Waals surface area contributed by atoms with E-state index in [1.807, 2.05) is 6.92 Å². The fourth-order valence-electron chi connectivity index (χ4n) is 3.18. The maximum Gasteiger partial charge on any atom is 0.310 e. The van der Waals surface area contributed by atoms with E-state index in [1.165, 1.54) is 12.1 Å². The van der Waals surface area contributed by atoms with E-state index < -0.39 is 16.6 Å². The van der Waals surface area contributed by atoms with E-state index in [1.54, 1.807) is 18.2 Å². The van der Waals surface area contributed by atoms with Crippen molar-refractivity contribution in [1.82, 2.24) is 0 Å². The fourth-order valence-corrected chi connectivity index (χ4v) is 3.18. The Kier molecular flexibility index (Phi) is 2.15. The molecule has 6 heteroatoms. The number of hydrogen-bond acceptors (Lipinski definition) is 5. The number of ether oxygens (including phenoxy) is 2. The zero-order valence-corrected chi connectivity index (χ0v) is 11.2. The SMILES string of the molecule is C[C@@]12CC(=O)O[C@@H]1c1c(ccc3cc([N+](=O)[O-])ccc13)O2. The van der Waals surface area contributed by atoms with Crippen LogP contribution in [0, 0.1) is 10.1 Å². The highest BCUT2D eigenvalue weighted by molar-refractivity contribution is 5.91. The van der Waals surface area contributed by atoms with Crippen LogP contribution in [-0.2, 0) is 9.53 Å². The number of non-ortho nitro benzene ring substituents is 1. The minimum absolute atomic E-state index is 0.0348. The first-order chi connectivity index (χ1) is 9.98. The van der Waals surface area contributed by atoms with E-state index in [4.69, 9.17) is 9.47 Å². The van der Waals surface area contributed by atoms with Crippen LogP contribution >= 0.6 is 0 Å². The molecule has 0 unspecified atom stereocenters. The van der Waals surface area contributed by atoms with Gasteiger partial charge in [-0.3, -0.25) is 14.9 Å². The zero-order chi connectivity index (χ0) is 14.8. The van der Waals surface area contributed by atoms with E-state index in [9.17, 15) is 14.9 Å². The molecule has 21 heavy (non-hydrogen) atoms. The molecule has 1 saturated heterocycles. The summed E-state index contributed by atoms with van der Waals surface area (Å²) in [4.78, 5) is 22.0. The summed E-state index contributed by atoms with van der Waals surface area (Å²) in [5.41, 5.74) is 0.151. The van der Waals surface area contributed by atoms with E-state index in [2.05, 4.69) is 0 Å². The van der Waals surface area contributed by atoms with E-state index in [0.29, 0.717) is 5.75 Å². The van der Waals surface area contributed by atoms with Gasteiger partial charge < -0.3 is 9.47 Å². The maximum absolute atomic E-state index is 11.6. The summed E-state index contributed by atoms with van der Waals surface area (Å²) in [6, 6.07) is 8.22. The number of nitrogens with zero attached hydrogens (tertiary/aromatic N) is 1. The number of esters is 1. The predicted octanol–water partition coefficient (Wildman–Crippen LogP) is 2.89. The maximum atomic E-state index is 11.6. The highest BCUT2D eigenvalue weighted by Crippen LogP contribution is 2.53. The Hall–Kier alpha value is -2.63. The lowest BCUT2D eigenvalue weighted by molar-refractivity contribution is -0.384. The first-order valence-electron chi connectivity index (χ1n) is 6.57. The monoisotopic (exact) mass is 285 g/mol. The van der Waals surface area contributed by atoms with Crippen molar-refractivity contribution in [3.05, 3.63) is 46.0 Å². The average Bonchev–Trinajstić information content (AvgIpc) is 2.86. The molecule has 0 radical (unpaired) electrons. The Bertz CT molecular complexity index is 815. The van der Waals surface area contributed by atoms with Gasteiger partial charge in [0.15, 0.2) is 11.7 Å². The second kappa shape index (κ2) is 3.72. The largest absolute Gasteiger partial charge is 0.482 e. The number of rotatable bonds is 1. The van der Waals surface area contributed by atoms with Crippen molar-refractivity contribution >= 4 is 22.4 Å². The quantitative estimate of drug-likeness (QED) is 0.457. The summed E-state index contributed by atoms with van der Waals surface area (Å²) in [5.74, 6) is 0.392. The first kappa shape index (κ1) is 12.1. The molecule has 106 valence electrons. The summed E-state index contributed by atoms with van der Waals surface area (Å²) in [6.45, 7) is 1.85. The molecule has 2 aromatic rings. The Morgan fingerprint density at radius 3 is 2.90 bits per heavy atom. The normalized spacial score (nSPS) is 26.1. The van der Waals surface area contributed by atoms with Crippen molar-refractivity contribution in [2.75, 3.05) is 0 Å². The molecule has 2 aliphatic heterocycles. The van der Waals surface area contributed by atoms with Crippen LogP contribution in [0.3, 0.4) is 0 Å². The summed E-state index contributed by atoms with van der Waals surface area (Å²) in [7, 11) is 0. The minimum atomic E-state index is -0.685. The molecule has 2 heterocycles. The third-order valence-electron chi connectivity index (χ3n) is 4.12. The molecule has 0 bridgehead atoms. The highest BCUT2D eigenvalue weighted by Gasteiger charge is 2.54. The van der Waals surface area contributed by atoms with Crippen LogP contribution in [0.1, 0.15) is 25.0 Å². The lowest BCUT2D eigenvalue weighted by Crippen LogP contribution is -2.29. The fraction of sp³-hybridized carbons (Fsp3) is 0.267. The van der Waals surface area contributed by atoms with Gasteiger partial charge in [-0.2, -0.15) is 0 Å². The number of nitro benzene ring substituents is 1. The standard InChI is InChI=1S/C15H11NO5/c1-15-7-12(17)20-14(15)13-10-4-3-9(16(18)19)6-8(10)2-5-11(13)21-15/h2-6,14H,7H2,1H3/t14-,15-/m1/s1. The van der Waals surface area contributed by atoms with Gasteiger partial charge in [-0.1, -0.05) is 6.07 Å². The third kappa shape index (κ3) is 1.55. The predicted molar refractivity (Wildman–Crippen MR) is 73.1 cm³/mol. The summed E-state index contributed by atoms with van der Waals surface area (Å²) < 4.78 is 11.3. The third-order valence-corrected chi connectivity index (χ3v) is 4.12. The van der Waals surface area contributed by atoms with Crippen LogP contribution in [0.15, 0.2) is 30.3 Å². The number of nitro groups is 1. The number of hydrogen-bond donors (Lipinski definition) is 0. The molecule has 0 N–H and O–H groups in total. The molecule has 6 nitrogen and oxygen atoms in total. The van der Waals surface area contributed by atoms with Gasteiger partial charge in [-0.25, -0.2) is 0 Å². The van der Waals surface area contributed by atoms with Gasteiger partial charge >= 0.3 is 5.97 Å². The molecule has 0 aromatic heterocycles. The van der Waals surface area contributed by atoms with Gasteiger partial charge in [0.1, 0.15) is 5.75 Å². The first-order valence-corrected chi connectivity index (χ1v) is 6.57. The Morgan fingerprint density at radius 1 is 1.33 bits per heavy atom. The van der Waals surface area contributed by atoms with Crippen LogP contribution in [0.4, 0.5) is 5.69 Å². The number of carbonyl (C=O) groups is 1. The Balaban J connectivity index is 1.95. The summed E-state index contributed by atoms with van der Waals surface area (Å²) in [5, 5.41) is 12.4. The van der Waals surface area contributed by atoms with Crippen LogP contribution < -0.4 is 4.74 Å². The topological polar surface area (TPSA) is 78.7 Å². The van der Waals surface area contributed by atoms with Gasteiger partial charge in [0.05, 0.1) is 11.3 Å². The molecule has 2 aliphatic rings.